The van der Waals surface area contributed by atoms with Crippen LogP contribution in [0.2, 0.25) is 0 Å². The molecule has 2 rings (SSSR count). The molecular formula is C16H14N2O6S2. The third kappa shape index (κ3) is 4.42. The quantitative estimate of drug-likeness (QED) is 0.189. The molecule has 0 unspecified atom stereocenters. The summed E-state index contributed by atoms with van der Waals surface area (Å²) in [5.74, 6) is -1.07. The molecule has 0 N–H and O–H groups in total. The molecule has 0 amide bonds. The van der Waals surface area contributed by atoms with E-state index in [1.807, 2.05) is 0 Å². The second-order valence-corrected chi connectivity index (χ2v) is 8.80. The smallest absolute Gasteiger partial charge is 0.383 e. The van der Waals surface area contributed by atoms with Gasteiger partial charge in [0.15, 0.2) is 0 Å². The minimum absolute atomic E-state index is 0.0454. The van der Waals surface area contributed by atoms with E-state index in [1.54, 1.807) is 19.1 Å². The molecule has 0 aliphatic carbocycles. The van der Waals surface area contributed by atoms with Gasteiger partial charge in [0.2, 0.25) is 0 Å². The van der Waals surface area contributed by atoms with Gasteiger partial charge >= 0.3 is 15.2 Å². The zero-order chi connectivity index (χ0) is 19.5. The Kier molecular flexibility index (Phi) is 5.41. The van der Waals surface area contributed by atoms with Crippen molar-refractivity contribution in [2.75, 3.05) is 6.26 Å². The van der Waals surface area contributed by atoms with Crippen LogP contribution in [0.3, 0.4) is 0 Å². The van der Waals surface area contributed by atoms with Crippen LogP contribution in [0.4, 0.5) is 0 Å². The lowest BCUT2D eigenvalue weighted by Crippen LogP contribution is -2.26. The highest BCUT2D eigenvalue weighted by Crippen LogP contribution is 2.20. The van der Waals surface area contributed by atoms with Gasteiger partial charge in [0.05, 0.1) is 11.2 Å². The van der Waals surface area contributed by atoms with Crippen LogP contribution in [0, 0.1) is 6.92 Å². The maximum atomic E-state index is 12.6. The van der Waals surface area contributed by atoms with Crippen LogP contribution in [0.1, 0.15) is 15.9 Å². The van der Waals surface area contributed by atoms with Crippen LogP contribution in [-0.4, -0.2) is 38.7 Å². The first-order valence-electron chi connectivity index (χ1n) is 7.12. The van der Waals surface area contributed by atoms with Crippen LogP contribution >= 0.6 is 0 Å². The van der Waals surface area contributed by atoms with Crippen molar-refractivity contribution in [1.29, 1.82) is 0 Å². The Labute approximate surface area is 150 Å². The first kappa shape index (κ1) is 19.5. The summed E-state index contributed by atoms with van der Waals surface area (Å²) in [5, 5.41) is -1.04. The molecule has 0 atom stereocenters. The molecule has 136 valence electrons. The molecule has 8 nitrogen and oxygen atoms in total. The van der Waals surface area contributed by atoms with Crippen molar-refractivity contribution < 1.29 is 30.6 Å². The van der Waals surface area contributed by atoms with E-state index in [4.69, 9.17) is 5.53 Å². The zero-order valence-corrected chi connectivity index (χ0v) is 15.4. The molecule has 10 heteroatoms. The minimum Gasteiger partial charge on any atom is -0.383 e. The van der Waals surface area contributed by atoms with Gasteiger partial charge in [-0.1, -0.05) is 29.8 Å². The normalized spacial score (nSPS) is 11.5. The van der Waals surface area contributed by atoms with E-state index < -0.39 is 30.8 Å². The Hall–Kier alpha value is -2.81. The first-order valence-corrected chi connectivity index (χ1v) is 10.4. The molecular weight excluding hydrogens is 380 g/mol. The van der Waals surface area contributed by atoms with Crippen LogP contribution in [0.25, 0.3) is 5.53 Å². The van der Waals surface area contributed by atoms with E-state index in [0.717, 1.165) is 36.1 Å². The Bertz CT molecular complexity index is 1100. The van der Waals surface area contributed by atoms with Gasteiger partial charge in [-0.25, -0.2) is 8.42 Å². The molecule has 0 radical (unpaired) electrons. The summed E-state index contributed by atoms with van der Waals surface area (Å²) in [7, 11) is -8.19. The van der Waals surface area contributed by atoms with Gasteiger partial charge < -0.3 is 9.71 Å². The van der Waals surface area contributed by atoms with E-state index >= 15 is 0 Å². The Morgan fingerprint density at radius 1 is 0.962 bits per heavy atom. The lowest BCUT2D eigenvalue weighted by Gasteiger charge is -2.04. The van der Waals surface area contributed by atoms with Crippen molar-refractivity contribution in [3.05, 3.63) is 65.2 Å². The SMILES string of the molecule is Cc1ccc(C(=O)C(=[N+]=[N-])S(=O)(=O)c2ccc(OS(C)(=O)=O)cc2)cc1. The molecule has 2 aromatic carbocycles. The number of Topliss-reactive ketones (excluding diaryl/α,β-unsaturated/α-hetero) is 1. The number of benzene rings is 2. The molecule has 2 aromatic rings. The van der Waals surface area contributed by atoms with Crippen molar-refractivity contribution >= 4 is 30.8 Å². The fourth-order valence-electron chi connectivity index (χ4n) is 2.01. The molecule has 0 fully saturated rings. The van der Waals surface area contributed by atoms with E-state index in [-0.39, 0.29) is 16.2 Å². The number of carbonyl (C=O) groups is 1. The highest BCUT2D eigenvalue weighted by atomic mass is 32.2. The van der Waals surface area contributed by atoms with Gasteiger partial charge in [0.25, 0.3) is 15.6 Å². The Morgan fingerprint density at radius 2 is 1.50 bits per heavy atom. The Morgan fingerprint density at radius 3 is 1.96 bits per heavy atom. The van der Waals surface area contributed by atoms with Gasteiger partial charge in [-0.05, 0) is 31.2 Å². The van der Waals surface area contributed by atoms with Gasteiger partial charge in [-0.3, -0.25) is 4.79 Å². The third-order valence-corrected chi connectivity index (χ3v) is 5.40. The lowest BCUT2D eigenvalue weighted by atomic mass is 10.1. The van der Waals surface area contributed by atoms with Gasteiger partial charge in [-0.15, -0.1) is 4.79 Å². The average Bonchev–Trinajstić information content (AvgIpc) is 2.54. The van der Waals surface area contributed by atoms with E-state index in [0.29, 0.717) is 0 Å². The molecule has 0 aliphatic rings. The van der Waals surface area contributed by atoms with Crippen LogP contribution in [0.15, 0.2) is 53.4 Å². The molecule has 0 aromatic heterocycles. The van der Waals surface area contributed by atoms with Crippen LogP contribution in [-0.2, 0) is 20.0 Å². The van der Waals surface area contributed by atoms with E-state index in [9.17, 15) is 21.6 Å². The number of sulfone groups is 1. The maximum absolute atomic E-state index is 12.6. The number of aryl methyl sites for hydroxylation is 1. The standard InChI is InChI=1S/C16H14N2O6S2/c1-11-3-5-12(6-4-11)15(19)16(18-17)26(22,23)14-9-7-13(8-10-14)24-25(2,20)21/h3-10H,1-2H3. The second-order valence-electron chi connectivity index (χ2n) is 5.36. The molecule has 0 spiro atoms. The van der Waals surface area contributed by atoms with Gasteiger partial charge in [0.1, 0.15) is 5.75 Å². The number of carbonyl (C=O) groups excluding carboxylic acids is 1. The fourth-order valence-corrected chi connectivity index (χ4v) is 3.66. The van der Waals surface area contributed by atoms with Crippen LogP contribution < -0.4 is 4.18 Å². The zero-order valence-electron chi connectivity index (χ0n) is 13.8. The summed E-state index contributed by atoms with van der Waals surface area (Å²) in [6.45, 7) is 1.80. The number of rotatable bonds is 5. The fraction of sp³-hybridized carbons (Fsp3) is 0.125. The summed E-state index contributed by atoms with van der Waals surface area (Å²) < 4.78 is 51.9. The van der Waals surface area contributed by atoms with Gasteiger partial charge in [-0.2, -0.15) is 8.42 Å². The second kappa shape index (κ2) is 7.20. The molecule has 0 bridgehead atoms. The van der Waals surface area contributed by atoms with Crippen molar-refractivity contribution in [2.24, 2.45) is 0 Å². The number of nitrogens with zero attached hydrogens (tertiary/aromatic N) is 2. The maximum Gasteiger partial charge on any atom is 0.456 e. The van der Waals surface area contributed by atoms with E-state index in [2.05, 4.69) is 8.97 Å². The van der Waals surface area contributed by atoms with Crippen molar-refractivity contribution in [1.82, 2.24) is 0 Å². The highest BCUT2D eigenvalue weighted by molar-refractivity contribution is 8.08. The lowest BCUT2D eigenvalue weighted by molar-refractivity contribution is -0.00158. The summed E-state index contributed by atoms with van der Waals surface area (Å²) in [4.78, 5) is 14.7. The summed E-state index contributed by atoms with van der Waals surface area (Å²) in [6.07, 6.45) is 0.842. The van der Waals surface area contributed by atoms with Crippen molar-refractivity contribution in [3.63, 3.8) is 0 Å². The summed E-state index contributed by atoms with van der Waals surface area (Å²) >= 11 is 0. The molecule has 0 heterocycles. The average molecular weight is 394 g/mol. The third-order valence-electron chi connectivity index (χ3n) is 3.24. The number of hydrogen-bond acceptors (Lipinski definition) is 6. The predicted octanol–water partition coefficient (Wildman–Crippen LogP) is 1.62. The number of ketones is 1. The molecule has 0 saturated heterocycles. The minimum atomic E-state index is -4.42. The van der Waals surface area contributed by atoms with Gasteiger partial charge in [0, 0.05) is 5.56 Å². The summed E-state index contributed by atoms with van der Waals surface area (Å²) in [5.41, 5.74) is 10.0. The first-order chi connectivity index (χ1) is 12.0. The van der Waals surface area contributed by atoms with Crippen molar-refractivity contribution in [2.45, 2.75) is 11.8 Å². The number of hydrogen-bond donors (Lipinski definition) is 0. The highest BCUT2D eigenvalue weighted by Gasteiger charge is 2.38. The largest absolute Gasteiger partial charge is 0.456 e. The molecule has 0 aliphatic heterocycles. The monoisotopic (exact) mass is 394 g/mol. The topological polar surface area (TPSA) is 131 Å². The Balaban J connectivity index is 2.39. The van der Waals surface area contributed by atoms with E-state index in [1.165, 1.54) is 12.1 Å². The predicted molar refractivity (Wildman–Crippen MR) is 93.2 cm³/mol. The molecule has 0 saturated carbocycles. The van der Waals surface area contributed by atoms with Crippen molar-refractivity contribution in [3.8, 4) is 5.75 Å². The molecule has 26 heavy (non-hydrogen) atoms. The van der Waals surface area contributed by atoms with Crippen LogP contribution in [0.5, 0.6) is 5.75 Å². The summed E-state index contributed by atoms with van der Waals surface area (Å²) in [6, 6.07) is 10.4.